The van der Waals surface area contributed by atoms with Gasteiger partial charge in [0, 0.05) is 19.3 Å². The molecule has 0 unspecified atom stereocenters. The lowest BCUT2D eigenvalue weighted by molar-refractivity contribution is 0.0929. The Labute approximate surface area is 139 Å². The van der Waals surface area contributed by atoms with Gasteiger partial charge in [0.15, 0.2) is 0 Å². The normalized spacial score (nSPS) is 12.7. The predicted octanol–water partition coefficient (Wildman–Crippen LogP) is 2.13. The maximum Gasteiger partial charge on any atom is 0.325 e. The third-order valence-electron chi connectivity index (χ3n) is 4.11. The lowest BCUT2D eigenvalue weighted by Gasteiger charge is -2.18. The van der Waals surface area contributed by atoms with Crippen LogP contribution in [0.5, 0.6) is 0 Å². The number of nitrogens with zero attached hydrogens (tertiary/aromatic N) is 3. The summed E-state index contributed by atoms with van der Waals surface area (Å²) in [6, 6.07) is 7.83. The first-order valence-electron chi connectivity index (χ1n) is 7.92. The Morgan fingerprint density at radius 3 is 2.58 bits per heavy atom. The lowest BCUT2D eigenvalue weighted by Crippen LogP contribution is -2.31. The van der Waals surface area contributed by atoms with Gasteiger partial charge in [-0.3, -0.25) is 9.36 Å². The Kier molecular flexibility index (Phi) is 4.01. The molecule has 3 aromatic rings. The molecule has 0 saturated heterocycles. The minimum Gasteiger partial charge on any atom is -0.341 e. The van der Waals surface area contributed by atoms with Crippen molar-refractivity contribution in [1.29, 1.82) is 0 Å². The highest BCUT2D eigenvalue weighted by Gasteiger charge is 2.21. The summed E-state index contributed by atoms with van der Waals surface area (Å²) in [6.45, 7) is 6.06. The maximum absolute atomic E-state index is 12.4. The van der Waals surface area contributed by atoms with Crippen molar-refractivity contribution in [3.8, 4) is 0 Å². The van der Waals surface area contributed by atoms with Gasteiger partial charge < -0.3 is 14.9 Å². The molecule has 1 atom stereocenters. The van der Waals surface area contributed by atoms with Crippen molar-refractivity contribution in [1.82, 2.24) is 24.4 Å². The molecule has 0 radical (unpaired) electrons. The Hall–Kier alpha value is -2.83. The number of fused-ring (bicyclic) bond motifs is 1. The fraction of sp³-hybridized carbons (Fsp3) is 0.353. The van der Waals surface area contributed by atoms with Crippen molar-refractivity contribution in [2.75, 3.05) is 0 Å². The van der Waals surface area contributed by atoms with E-state index in [1.54, 1.807) is 7.05 Å². The van der Waals surface area contributed by atoms with Gasteiger partial charge in [-0.2, -0.15) is 0 Å². The molecule has 7 nitrogen and oxygen atoms in total. The Balaban J connectivity index is 1.95. The molecule has 24 heavy (non-hydrogen) atoms. The molecule has 0 saturated carbocycles. The molecule has 0 aliphatic rings. The highest BCUT2D eigenvalue weighted by atomic mass is 16.2. The molecule has 126 valence electrons. The Morgan fingerprint density at radius 1 is 1.25 bits per heavy atom. The van der Waals surface area contributed by atoms with E-state index < -0.39 is 0 Å². The number of benzene rings is 1. The zero-order chi connectivity index (χ0) is 17.4. The number of hydrogen-bond donors (Lipinski definition) is 2. The molecule has 2 heterocycles. The molecule has 2 aromatic heterocycles. The molecule has 3 rings (SSSR count). The van der Waals surface area contributed by atoms with Gasteiger partial charge in [0.25, 0.3) is 5.91 Å². The number of hydrogen-bond acceptors (Lipinski definition) is 3. The predicted molar refractivity (Wildman–Crippen MR) is 92.0 cm³/mol. The minimum absolute atomic E-state index is 0.211. The third kappa shape index (κ3) is 2.62. The summed E-state index contributed by atoms with van der Waals surface area (Å²) in [5.74, 6) is 0.478. The zero-order valence-corrected chi connectivity index (χ0v) is 14.2. The van der Waals surface area contributed by atoms with E-state index >= 15 is 0 Å². The second-order valence-corrected chi connectivity index (χ2v) is 6.16. The monoisotopic (exact) mass is 327 g/mol. The quantitative estimate of drug-likeness (QED) is 0.770. The van der Waals surface area contributed by atoms with Crippen LogP contribution >= 0.6 is 0 Å². The Morgan fingerprint density at radius 2 is 1.96 bits per heavy atom. The summed E-state index contributed by atoms with van der Waals surface area (Å²) in [7, 11) is 1.56. The van der Waals surface area contributed by atoms with Crippen LogP contribution in [-0.2, 0) is 7.05 Å². The van der Waals surface area contributed by atoms with Crippen LogP contribution in [-0.4, -0.2) is 25.0 Å². The maximum atomic E-state index is 12.4. The molecular formula is C17H21N5O2. The molecular weight excluding hydrogens is 306 g/mol. The molecule has 1 aromatic carbocycles. The molecule has 0 bridgehead atoms. The van der Waals surface area contributed by atoms with E-state index in [9.17, 15) is 9.59 Å². The van der Waals surface area contributed by atoms with Crippen LogP contribution < -0.4 is 11.0 Å². The minimum atomic E-state index is -0.317. The van der Waals surface area contributed by atoms with Crippen LogP contribution in [0.2, 0.25) is 0 Å². The largest absolute Gasteiger partial charge is 0.341 e. The van der Waals surface area contributed by atoms with E-state index in [2.05, 4.69) is 33.7 Å². The fourth-order valence-corrected chi connectivity index (χ4v) is 2.90. The number of amides is 1. The molecule has 0 fully saturated rings. The molecule has 0 spiro atoms. The molecule has 1 amide bonds. The molecule has 0 aliphatic carbocycles. The number of rotatable bonds is 4. The second-order valence-electron chi connectivity index (χ2n) is 6.16. The number of imidazole rings is 2. The van der Waals surface area contributed by atoms with Crippen LogP contribution in [0.3, 0.4) is 0 Å². The van der Waals surface area contributed by atoms with Crippen LogP contribution in [0, 0.1) is 0 Å². The number of aromatic amines is 1. The van der Waals surface area contributed by atoms with Crippen molar-refractivity contribution in [3.05, 3.63) is 52.5 Å². The van der Waals surface area contributed by atoms with Gasteiger partial charge in [0.05, 0.1) is 17.1 Å². The summed E-state index contributed by atoms with van der Waals surface area (Å²) in [6.07, 6.45) is 1.41. The molecule has 7 heteroatoms. The summed E-state index contributed by atoms with van der Waals surface area (Å²) < 4.78 is 3.41. The number of carbonyl (C=O) groups excluding carboxylic acids is 1. The van der Waals surface area contributed by atoms with Crippen molar-refractivity contribution < 1.29 is 4.79 Å². The van der Waals surface area contributed by atoms with Crippen molar-refractivity contribution >= 4 is 16.9 Å². The van der Waals surface area contributed by atoms with Gasteiger partial charge in [0.2, 0.25) is 0 Å². The van der Waals surface area contributed by atoms with Crippen LogP contribution in [0.15, 0.2) is 35.3 Å². The lowest BCUT2D eigenvalue weighted by atomic mass is 10.2. The van der Waals surface area contributed by atoms with Gasteiger partial charge in [-0.05, 0) is 32.9 Å². The van der Waals surface area contributed by atoms with Crippen LogP contribution in [0.4, 0.5) is 0 Å². The number of para-hydroxylation sites is 2. The number of aromatic nitrogens is 4. The van der Waals surface area contributed by atoms with Gasteiger partial charge in [0.1, 0.15) is 11.5 Å². The smallest absolute Gasteiger partial charge is 0.325 e. The van der Waals surface area contributed by atoms with E-state index in [1.807, 2.05) is 31.2 Å². The van der Waals surface area contributed by atoms with Gasteiger partial charge >= 0.3 is 5.69 Å². The third-order valence-corrected chi connectivity index (χ3v) is 4.11. The first-order chi connectivity index (χ1) is 11.4. The van der Waals surface area contributed by atoms with Gasteiger partial charge in [-0.25, -0.2) is 9.78 Å². The van der Waals surface area contributed by atoms with Crippen molar-refractivity contribution in [2.45, 2.75) is 32.9 Å². The summed E-state index contributed by atoms with van der Waals surface area (Å²) in [5.41, 5.74) is 1.91. The van der Waals surface area contributed by atoms with Gasteiger partial charge in [-0.1, -0.05) is 12.1 Å². The average Bonchev–Trinajstić information content (AvgIpc) is 3.08. The standard InChI is InChI=1S/C17H21N5O2/c1-10(2)22-13-8-6-5-7-12(13)20-15(22)11(3)19-16(23)14-9-18-17(24)21(14)4/h5-11H,1-4H3,(H,18,24)(H,19,23)/t11-/m0/s1. The fourth-order valence-electron chi connectivity index (χ4n) is 2.90. The first kappa shape index (κ1) is 16.0. The second kappa shape index (κ2) is 5.99. The summed E-state index contributed by atoms with van der Waals surface area (Å²) in [4.78, 5) is 31.1. The van der Waals surface area contributed by atoms with E-state index in [0.29, 0.717) is 5.69 Å². The highest BCUT2D eigenvalue weighted by Crippen LogP contribution is 2.24. The van der Waals surface area contributed by atoms with E-state index in [0.717, 1.165) is 16.9 Å². The van der Waals surface area contributed by atoms with E-state index in [4.69, 9.17) is 0 Å². The SMILES string of the molecule is CC(C)n1c([C@H](C)NC(=O)c2c[nH]c(=O)n2C)nc2ccccc21. The van der Waals surface area contributed by atoms with Crippen molar-refractivity contribution in [3.63, 3.8) is 0 Å². The van der Waals surface area contributed by atoms with Gasteiger partial charge in [-0.15, -0.1) is 0 Å². The Bertz CT molecular complexity index is 947. The number of H-pyrrole nitrogens is 1. The average molecular weight is 327 g/mol. The summed E-state index contributed by atoms with van der Waals surface area (Å²) in [5, 5.41) is 2.92. The number of nitrogens with one attached hydrogen (secondary N) is 2. The van der Waals surface area contributed by atoms with E-state index in [-0.39, 0.29) is 23.7 Å². The van der Waals surface area contributed by atoms with E-state index in [1.165, 1.54) is 10.8 Å². The highest BCUT2D eigenvalue weighted by molar-refractivity contribution is 5.92. The number of carbonyl (C=O) groups is 1. The summed E-state index contributed by atoms with van der Waals surface area (Å²) >= 11 is 0. The molecule has 2 N–H and O–H groups in total. The first-order valence-corrected chi connectivity index (χ1v) is 7.92. The van der Waals surface area contributed by atoms with Crippen LogP contribution in [0.1, 0.15) is 49.2 Å². The van der Waals surface area contributed by atoms with Crippen LogP contribution in [0.25, 0.3) is 11.0 Å². The topological polar surface area (TPSA) is 84.7 Å². The molecule has 0 aliphatic heterocycles. The van der Waals surface area contributed by atoms with Crippen molar-refractivity contribution in [2.24, 2.45) is 7.05 Å². The zero-order valence-electron chi connectivity index (χ0n) is 14.2.